The van der Waals surface area contributed by atoms with Crippen LogP contribution in [0.2, 0.25) is 0 Å². The molecule has 0 saturated carbocycles. The molecule has 12 heterocycles. The molecule has 6 saturated heterocycles. The molecule has 0 aliphatic carbocycles. The van der Waals surface area contributed by atoms with Gasteiger partial charge in [0.1, 0.15) is 72.3 Å². The van der Waals surface area contributed by atoms with Gasteiger partial charge < -0.3 is 63.2 Å². The number of nitrogens with zero attached hydrogens (tertiary/aromatic N) is 15. The van der Waals surface area contributed by atoms with Crippen molar-refractivity contribution in [2.24, 2.45) is 0 Å². The van der Waals surface area contributed by atoms with Crippen molar-refractivity contribution >= 4 is 82.0 Å². The van der Waals surface area contributed by atoms with Crippen molar-refractivity contribution in [3.05, 3.63) is 260 Å². The molecule has 2 N–H and O–H groups in total. The molecule has 14 aromatic rings. The largest absolute Gasteiger partial charge is 0.488 e. The van der Waals surface area contributed by atoms with Crippen LogP contribution in [-0.2, 0) is 43.8 Å². The van der Waals surface area contributed by atoms with E-state index in [9.17, 15) is 42.2 Å². The highest BCUT2D eigenvalue weighted by Crippen LogP contribution is 2.43. The average Bonchev–Trinajstić information content (AvgIpc) is 1.59. The van der Waals surface area contributed by atoms with Gasteiger partial charge in [-0.05, 0) is 196 Å². The van der Waals surface area contributed by atoms with E-state index < -0.39 is 20.0 Å². The molecule has 6 fully saturated rings. The molecule has 8 aromatic carbocycles. The lowest BCUT2D eigenvalue weighted by atomic mass is 10.0. The van der Waals surface area contributed by atoms with Crippen LogP contribution in [0, 0.1) is 56.7 Å². The van der Waals surface area contributed by atoms with Crippen LogP contribution in [0.15, 0.2) is 253 Å². The first kappa shape index (κ1) is 88.4. The second kappa shape index (κ2) is 39.6. The number of nitriles is 5. The number of aromatic amines is 1. The number of ether oxygens (including phenoxy) is 6. The lowest BCUT2D eigenvalue weighted by Crippen LogP contribution is -2.36. The number of H-pyrrole nitrogens is 1. The van der Waals surface area contributed by atoms with E-state index in [2.05, 4.69) is 88.5 Å². The summed E-state index contributed by atoms with van der Waals surface area (Å²) >= 11 is 0. The number of amides is 2. The summed E-state index contributed by atoms with van der Waals surface area (Å²) in [6.45, 7) is 12.6. The first-order valence-electron chi connectivity index (χ1n) is 44.1. The Hall–Kier alpha value is -15.2. The van der Waals surface area contributed by atoms with E-state index in [1.54, 1.807) is 113 Å². The summed E-state index contributed by atoms with van der Waals surface area (Å²) in [6, 6.07) is 79.3. The van der Waals surface area contributed by atoms with Crippen molar-refractivity contribution in [2.75, 3.05) is 133 Å². The summed E-state index contributed by atoms with van der Waals surface area (Å²) in [5.74, 6) is 0.998. The molecule has 0 radical (unpaired) electrons. The van der Waals surface area contributed by atoms with Gasteiger partial charge in [-0.3, -0.25) is 9.59 Å². The number of aromatic nitrogens is 6. The van der Waals surface area contributed by atoms with Crippen LogP contribution >= 0.6 is 0 Å². The summed E-state index contributed by atoms with van der Waals surface area (Å²) in [7, 11) is -8.08. The van der Waals surface area contributed by atoms with Gasteiger partial charge >= 0.3 is 0 Å². The molecule has 668 valence electrons. The van der Waals surface area contributed by atoms with Gasteiger partial charge in [0.25, 0.3) is 20.0 Å². The molecule has 0 spiro atoms. The first-order valence-corrected chi connectivity index (χ1v) is 46.9. The number of pyridine rings is 3. The third kappa shape index (κ3) is 19.0. The number of fused-ring (bicyclic) bond motifs is 3. The van der Waals surface area contributed by atoms with Crippen molar-refractivity contribution in [3.8, 4) is 115 Å². The van der Waals surface area contributed by atoms with E-state index >= 15 is 0 Å². The lowest BCUT2D eigenvalue weighted by Gasteiger charge is -2.28. The minimum absolute atomic E-state index is 0.0231. The molecular weight excluding hydrogens is 1720 g/mol. The normalized spacial score (nSPS) is 16.8. The predicted octanol–water partition coefficient (Wildman–Crippen LogP) is 14.8. The summed E-state index contributed by atoms with van der Waals surface area (Å²) in [4.78, 5) is 51.7. The Labute approximate surface area is 769 Å². The first-order chi connectivity index (χ1) is 65.0. The van der Waals surface area contributed by atoms with E-state index in [1.807, 2.05) is 121 Å². The minimum atomic E-state index is -4.07. The Bertz CT molecular complexity index is 7140. The zero-order valence-corrected chi connectivity index (χ0v) is 74.1. The SMILES string of the molecule is N#CCC(=O)N1CC[C@@H](Oc2ccc(-c3ccnc4[nH]c(-c5ccc(N6CCOCC6)cc5)cc34)cc2C#N)C1.N#CCC(=O)N1CC[C@@H](Oc2ccc(-c3ccnc4c3cc(-c3ccc(N5CCOCC5)cc3)n4S(=O)(=O)c3ccccc3)cc2C#N)C1.N#Cc1cc(-c2ccnc3c2cc(-c2ccc(N4CCOCC4)cc2)n3S(=O)(=O)c2ccccc2)ccc1O[C@@H]1CCNC1. The maximum Gasteiger partial charge on any atom is 0.269 e. The van der Waals surface area contributed by atoms with E-state index in [0.29, 0.717) is 144 Å². The number of likely N-dealkylation sites (tertiary alicyclic amines) is 2. The van der Waals surface area contributed by atoms with E-state index in [1.165, 1.54) is 13.6 Å². The highest BCUT2D eigenvalue weighted by Gasteiger charge is 2.34. The van der Waals surface area contributed by atoms with Crippen LogP contribution in [0.5, 0.6) is 17.2 Å². The van der Waals surface area contributed by atoms with Gasteiger partial charge in [0.05, 0.1) is 103 Å². The average molecular weight is 1810 g/mol. The number of rotatable bonds is 21. The van der Waals surface area contributed by atoms with Crippen LogP contribution in [-0.4, -0.2) is 203 Å². The zero-order chi connectivity index (χ0) is 91.5. The Kier molecular flexibility index (Phi) is 26.3. The van der Waals surface area contributed by atoms with E-state index in [-0.39, 0.29) is 58.4 Å². The van der Waals surface area contributed by atoms with Gasteiger partial charge in [-0.1, -0.05) is 91.0 Å². The molecule has 31 heteroatoms. The molecule has 6 aliphatic heterocycles. The number of hydrogen-bond donors (Lipinski definition) is 2. The number of benzene rings is 8. The maximum atomic E-state index is 14.3. The van der Waals surface area contributed by atoms with Crippen LogP contribution < -0.4 is 34.2 Å². The second-order valence-corrected chi connectivity index (χ2v) is 36.3. The molecule has 2 amide bonds. The van der Waals surface area contributed by atoms with Gasteiger partial charge in [-0.25, -0.2) is 39.7 Å². The number of nitrogens with one attached hydrogen (secondary N) is 2. The molecule has 3 atom stereocenters. The van der Waals surface area contributed by atoms with Crippen LogP contribution in [0.1, 0.15) is 48.8 Å². The van der Waals surface area contributed by atoms with Crippen LogP contribution in [0.3, 0.4) is 0 Å². The molecule has 6 aromatic heterocycles. The van der Waals surface area contributed by atoms with Crippen molar-refractivity contribution in [2.45, 2.75) is 60.2 Å². The fourth-order valence-corrected chi connectivity index (χ4v) is 20.8. The van der Waals surface area contributed by atoms with Crippen molar-refractivity contribution in [1.82, 2.24) is 43.0 Å². The third-order valence-electron chi connectivity index (χ3n) is 24.6. The molecule has 6 aliphatic rings. The lowest BCUT2D eigenvalue weighted by molar-refractivity contribution is -0.130. The predicted molar refractivity (Wildman–Crippen MR) is 503 cm³/mol. The van der Waals surface area contributed by atoms with Gasteiger partial charge in [-0.15, -0.1) is 0 Å². The second-order valence-electron chi connectivity index (χ2n) is 32.8. The monoisotopic (exact) mass is 1810 g/mol. The summed E-state index contributed by atoms with van der Waals surface area (Å²) in [5.41, 5.74) is 15.1. The van der Waals surface area contributed by atoms with Crippen molar-refractivity contribution in [1.29, 1.82) is 26.3 Å². The fraction of sp³-hybridized carbons (Fsp3) is 0.255. The number of carbonyl (C=O) groups is 2. The summed E-state index contributed by atoms with van der Waals surface area (Å²) < 4.78 is 94.5. The van der Waals surface area contributed by atoms with E-state index in [0.717, 1.165) is 133 Å². The topological polar surface area (TPSA) is 369 Å². The molecular formula is C102H91N17O12S2. The Morgan fingerprint density at radius 2 is 0.767 bits per heavy atom. The standard InChI is InChI=1S/C37H32N6O5S.C34H31N5O4S.C31H28N6O3/c38-15-12-36(44)42-17-14-30(25-42)48-35-11-8-27(22-28(35)24-39)32-13-16-40-37-33(32)23-34(43(37)49(45,46)31-4-2-1-3-5-31)26-6-9-29(10-7-26)41-18-20-47-21-19-41;35-22-26-20-25(8-11-33(26)43-28-12-14-36-23-28)30-13-15-37-34-31(30)21-32(39(34)44(40,41)29-4-2-1-3-5-29)24-6-9-27(10-7-24)38-16-18-42-19-17-38;32-10-7-30(38)37-12-9-25(20-37)40-29-6-3-22(17-23(29)19-33)26-8-11-34-31-27(26)18-28(35-31)21-1-4-24(5-2-21)36-13-15-39-16-14-36/h1-11,13,16,22-23,30H,12,14,17-21,25H2;1-11,13,15,20-21,28,36H,12,14,16-19,23H2;1-6,8,11,17-18,25H,7,9,12-16,20H2,(H,34,35)/t30-;28-;25-/m111/s1. The van der Waals surface area contributed by atoms with Gasteiger partial charge in [0.15, 0.2) is 11.3 Å². The van der Waals surface area contributed by atoms with Gasteiger partial charge in [0.2, 0.25) is 11.8 Å². The molecule has 0 bridgehead atoms. The fourth-order valence-electron chi connectivity index (χ4n) is 17.8. The zero-order valence-electron chi connectivity index (χ0n) is 72.5. The Morgan fingerprint density at radius 3 is 1.14 bits per heavy atom. The molecule has 20 rings (SSSR count). The smallest absolute Gasteiger partial charge is 0.269 e. The van der Waals surface area contributed by atoms with Gasteiger partial charge in [0, 0.05) is 129 Å². The number of morpholine rings is 3. The molecule has 133 heavy (non-hydrogen) atoms. The Morgan fingerprint density at radius 1 is 0.398 bits per heavy atom. The highest BCUT2D eigenvalue weighted by molar-refractivity contribution is 7.90. The van der Waals surface area contributed by atoms with Crippen molar-refractivity contribution < 1.29 is 54.8 Å². The maximum absolute atomic E-state index is 14.3. The summed E-state index contributed by atoms with van der Waals surface area (Å²) in [6.07, 6.45) is 6.28. The van der Waals surface area contributed by atoms with Crippen LogP contribution in [0.4, 0.5) is 17.1 Å². The van der Waals surface area contributed by atoms with Gasteiger partial charge in [-0.2, -0.15) is 26.3 Å². The molecule has 0 unspecified atom stereocenters. The summed E-state index contributed by atoms with van der Waals surface area (Å²) in [5, 5.41) is 53.1. The quantitative estimate of drug-likeness (QED) is 0.0674. The van der Waals surface area contributed by atoms with E-state index in [4.69, 9.17) is 38.9 Å². The Balaban J connectivity index is 0.000000134. The van der Waals surface area contributed by atoms with Crippen LogP contribution in [0.25, 0.3) is 100 Å². The number of hydrogen-bond acceptors (Lipinski definition) is 24. The molecule has 29 nitrogen and oxygen atoms in total. The third-order valence-corrected chi connectivity index (χ3v) is 28.1. The number of carbonyl (C=O) groups excluding carboxylic acids is 2. The van der Waals surface area contributed by atoms with Crippen molar-refractivity contribution in [3.63, 3.8) is 0 Å². The minimum Gasteiger partial charge on any atom is -0.488 e. The highest BCUT2D eigenvalue weighted by atomic mass is 32.2. The number of anilines is 3.